The number of nitrogens with two attached hydrogens (primary N) is 1. The van der Waals surface area contributed by atoms with Gasteiger partial charge in [-0.05, 0) is 32.1 Å². The smallest absolute Gasteiger partial charge is 0.223 e. The molecule has 1 aromatic rings. The van der Waals surface area contributed by atoms with Crippen LogP contribution in [0, 0.1) is 18.8 Å². The molecule has 0 aromatic carbocycles. The fourth-order valence-corrected chi connectivity index (χ4v) is 2.88. The molecule has 5 heteroatoms. The zero-order valence-electron chi connectivity index (χ0n) is 12.5. The summed E-state index contributed by atoms with van der Waals surface area (Å²) < 4.78 is 2.12. The lowest BCUT2D eigenvalue weighted by Crippen LogP contribution is -2.39. The summed E-state index contributed by atoms with van der Waals surface area (Å²) in [7, 11) is 0. The Hall–Kier alpha value is -1.36. The summed E-state index contributed by atoms with van der Waals surface area (Å²) in [5.41, 5.74) is 5.94. The molecular formula is C15H26N4O. The lowest BCUT2D eigenvalue weighted by molar-refractivity contribution is -0.126. The third-order valence-electron chi connectivity index (χ3n) is 4.14. The van der Waals surface area contributed by atoms with Crippen molar-refractivity contribution in [3.05, 3.63) is 18.2 Å². The third-order valence-corrected chi connectivity index (χ3v) is 4.14. The Labute approximate surface area is 120 Å². The maximum atomic E-state index is 12.1. The Balaban J connectivity index is 1.74. The molecule has 1 aliphatic rings. The third kappa shape index (κ3) is 4.07. The van der Waals surface area contributed by atoms with Gasteiger partial charge < -0.3 is 15.6 Å². The second-order valence-electron chi connectivity index (χ2n) is 6.10. The van der Waals surface area contributed by atoms with Crippen LogP contribution in [0.15, 0.2) is 12.4 Å². The van der Waals surface area contributed by atoms with Gasteiger partial charge in [0.25, 0.3) is 0 Å². The second-order valence-corrected chi connectivity index (χ2v) is 6.10. The second kappa shape index (κ2) is 6.88. The van der Waals surface area contributed by atoms with E-state index in [1.165, 1.54) is 0 Å². The van der Waals surface area contributed by atoms with Gasteiger partial charge in [-0.1, -0.05) is 13.3 Å². The maximum absolute atomic E-state index is 12.1. The monoisotopic (exact) mass is 278 g/mol. The molecule has 0 aliphatic heterocycles. The number of carbonyl (C=O) groups excluding carboxylic acids is 1. The van der Waals surface area contributed by atoms with Crippen molar-refractivity contribution in [2.24, 2.45) is 17.6 Å². The van der Waals surface area contributed by atoms with Crippen LogP contribution < -0.4 is 11.1 Å². The standard InChI is InChI=1S/C15H26N4O/c1-11(10-19-7-6-17-12(19)2)9-18-15(20)13-4-3-5-14(16)8-13/h6-7,11,13-14H,3-5,8-10,16H2,1-2H3,(H,18,20). The van der Waals surface area contributed by atoms with Gasteiger partial charge in [0.15, 0.2) is 0 Å². The van der Waals surface area contributed by atoms with E-state index in [1.807, 2.05) is 19.3 Å². The summed E-state index contributed by atoms with van der Waals surface area (Å²) in [6.45, 7) is 5.74. The minimum absolute atomic E-state index is 0.112. The van der Waals surface area contributed by atoms with E-state index in [-0.39, 0.29) is 17.9 Å². The molecule has 112 valence electrons. The van der Waals surface area contributed by atoms with Crippen LogP contribution in [0.2, 0.25) is 0 Å². The molecule has 0 spiro atoms. The molecule has 3 N–H and O–H groups in total. The van der Waals surface area contributed by atoms with Crippen LogP contribution in [0.5, 0.6) is 0 Å². The van der Waals surface area contributed by atoms with Crippen LogP contribution in [0.25, 0.3) is 0 Å². The molecular weight excluding hydrogens is 252 g/mol. The number of rotatable bonds is 5. The molecule has 3 unspecified atom stereocenters. The number of nitrogens with zero attached hydrogens (tertiary/aromatic N) is 2. The van der Waals surface area contributed by atoms with Crippen molar-refractivity contribution >= 4 is 5.91 Å². The number of amides is 1. The lowest BCUT2D eigenvalue weighted by Gasteiger charge is -2.26. The molecule has 2 rings (SSSR count). The molecule has 3 atom stereocenters. The van der Waals surface area contributed by atoms with Crippen molar-refractivity contribution < 1.29 is 4.79 Å². The predicted octanol–water partition coefficient (Wildman–Crippen LogP) is 1.46. The zero-order valence-corrected chi connectivity index (χ0v) is 12.5. The number of aromatic nitrogens is 2. The quantitative estimate of drug-likeness (QED) is 0.856. The molecule has 0 saturated heterocycles. The van der Waals surface area contributed by atoms with E-state index in [0.29, 0.717) is 12.5 Å². The first kappa shape index (κ1) is 15.0. The van der Waals surface area contributed by atoms with E-state index in [2.05, 4.69) is 21.8 Å². The minimum Gasteiger partial charge on any atom is -0.356 e. The number of aryl methyl sites for hydroxylation is 1. The van der Waals surface area contributed by atoms with E-state index in [4.69, 9.17) is 5.73 Å². The first-order valence-corrected chi connectivity index (χ1v) is 7.57. The van der Waals surface area contributed by atoms with E-state index < -0.39 is 0 Å². The Morgan fingerprint density at radius 2 is 2.40 bits per heavy atom. The Morgan fingerprint density at radius 3 is 3.05 bits per heavy atom. The van der Waals surface area contributed by atoms with Crippen LogP contribution in [0.3, 0.4) is 0 Å². The highest BCUT2D eigenvalue weighted by Crippen LogP contribution is 2.23. The average Bonchev–Trinajstić information content (AvgIpc) is 2.81. The van der Waals surface area contributed by atoms with Gasteiger partial charge >= 0.3 is 0 Å². The molecule has 0 radical (unpaired) electrons. The molecule has 20 heavy (non-hydrogen) atoms. The molecule has 1 amide bonds. The highest BCUT2D eigenvalue weighted by atomic mass is 16.1. The van der Waals surface area contributed by atoms with Gasteiger partial charge in [0, 0.05) is 37.4 Å². The fraction of sp³-hybridized carbons (Fsp3) is 0.733. The van der Waals surface area contributed by atoms with Gasteiger partial charge in [0.2, 0.25) is 5.91 Å². The largest absolute Gasteiger partial charge is 0.356 e. The van der Waals surface area contributed by atoms with Gasteiger partial charge in [-0.2, -0.15) is 0 Å². The molecule has 1 aliphatic carbocycles. The predicted molar refractivity (Wildman–Crippen MR) is 79.1 cm³/mol. The van der Waals surface area contributed by atoms with Crippen LogP contribution in [0.4, 0.5) is 0 Å². The molecule has 0 bridgehead atoms. The summed E-state index contributed by atoms with van der Waals surface area (Å²) in [4.78, 5) is 16.3. The number of carbonyl (C=O) groups is 1. The highest BCUT2D eigenvalue weighted by Gasteiger charge is 2.25. The van der Waals surface area contributed by atoms with Gasteiger partial charge in [0.1, 0.15) is 5.82 Å². The number of imidazole rings is 1. The summed E-state index contributed by atoms with van der Waals surface area (Å²) in [5, 5.41) is 3.08. The molecule has 1 aromatic heterocycles. The van der Waals surface area contributed by atoms with Crippen LogP contribution in [-0.2, 0) is 11.3 Å². The summed E-state index contributed by atoms with van der Waals surface area (Å²) in [5.74, 6) is 1.70. The van der Waals surface area contributed by atoms with Gasteiger partial charge in [-0.15, -0.1) is 0 Å². The normalized spacial score (nSPS) is 24.4. The van der Waals surface area contributed by atoms with Crippen molar-refractivity contribution in [3.8, 4) is 0 Å². The number of hydrogen-bond acceptors (Lipinski definition) is 3. The van der Waals surface area contributed by atoms with Crippen molar-refractivity contribution in [2.45, 2.75) is 52.1 Å². The summed E-state index contributed by atoms with van der Waals surface area (Å²) >= 11 is 0. The Bertz CT molecular complexity index is 443. The fourth-order valence-electron chi connectivity index (χ4n) is 2.88. The van der Waals surface area contributed by atoms with Crippen molar-refractivity contribution in [1.29, 1.82) is 0 Å². The zero-order chi connectivity index (χ0) is 14.5. The van der Waals surface area contributed by atoms with Crippen molar-refractivity contribution in [2.75, 3.05) is 6.54 Å². The van der Waals surface area contributed by atoms with Gasteiger partial charge in [-0.3, -0.25) is 4.79 Å². The molecule has 5 nitrogen and oxygen atoms in total. The van der Waals surface area contributed by atoms with Gasteiger partial charge in [-0.25, -0.2) is 4.98 Å². The number of hydrogen-bond donors (Lipinski definition) is 2. The van der Waals surface area contributed by atoms with E-state index in [9.17, 15) is 4.79 Å². The van der Waals surface area contributed by atoms with E-state index in [0.717, 1.165) is 38.1 Å². The van der Waals surface area contributed by atoms with Crippen LogP contribution in [0.1, 0.15) is 38.4 Å². The minimum atomic E-state index is 0.112. The average molecular weight is 278 g/mol. The topological polar surface area (TPSA) is 72.9 Å². The number of nitrogens with one attached hydrogen (secondary N) is 1. The first-order chi connectivity index (χ1) is 9.56. The van der Waals surface area contributed by atoms with Crippen LogP contribution in [-0.4, -0.2) is 28.0 Å². The Kier molecular flexibility index (Phi) is 5.17. The maximum Gasteiger partial charge on any atom is 0.223 e. The SMILES string of the molecule is Cc1nccn1CC(C)CNC(=O)C1CCCC(N)C1. The van der Waals surface area contributed by atoms with Crippen molar-refractivity contribution in [1.82, 2.24) is 14.9 Å². The molecule has 1 heterocycles. The van der Waals surface area contributed by atoms with Gasteiger partial charge in [0.05, 0.1) is 0 Å². The lowest BCUT2D eigenvalue weighted by atomic mass is 9.85. The van der Waals surface area contributed by atoms with E-state index >= 15 is 0 Å². The summed E-state index contributed by atoms with van der Waals surface area (Å²) in [6.07, 6.45) is 7.73. The molecule has 1 fully saturated rings. The van der Waals surface area contributed by atoms with Crippen LogP contribution >= 0.6 is 0 Å². The van der Waals surface area contributed by atoms with Crippen molar-refractivity contribution in [3.63, 3.8) is 0 Å². The highest BCUT2D eigenvalue weighted by molar-refractivity contribution is 5.78. The first-order valence-electron chi connectivity index (χ1n) is 7.57. The molecule has 1 saturated carbocycles. The van der Waals surface area contributed by atoms with E-state index in [1.54, 1.807) is 0 Å². The summed E-state index contributed by atoms with van der Waals surface area (Å²) in [6, 6.07) is 0.200. The Morgan fingerprint density at radius 1 is 1.60 bits per heavy atom.